The van der Waals surface area contributed by atoms with Gasteiger partial charge in [-0.25, -0.2) is 8.42 Å². The molecule has 176 valence electrons. The van der Waals surface area contributed by atoms with Gasteiger partial charge < -0.3 is 5.32 Å². The van der Waals surface area contributed by atoms with Crippen molar-refractivity contribution < 1.29 is 18.0 Å². The van der Waals surface area contributed by atoms with Crippen molar-refractivity contribution in [3.05, 3.63) is 59.7 Å². The van der Waals surface area contributed by atoms with E-state index in [1.54, 1.807) is 25.1 Å². The van der Waals surface area contributed by atoms with Crippen LogP contribution in [0.4, 0.5) is 5.69 Å². The monoisotopic (exact) mass is 469 g/mol. The van der Waals surface area contributed by atoms with Crippen LogP contribution in [0.5, 0.6) is 0 Å². The highest BCUT2D eigenvalue weighted by Crippen LogP contribution is 2.33. The second-order valence-electron chi connectivity index (χ2n) is 9.31. The third kappa shape index (κ3) is 4.42. The number of aryl methyl sites for hydroxylation is 2. The first kappa shape index (κ1) is 23.4. The average Bonchev–Trinajstić information content (AvgIpc) is 3.29. The van der Waals surface area contributed by atoms with E-state index in [4.69, 9.17) is 0 Å². The molecule has 1 N–H and O–H groups in total. The molecule has 0 radical (unpaired) electrons. The maximum absolute atomic E-state index is 13.6. The zero-order valence-corrected chi connectivity index (χ0v) is 20.2. The van der Waals surface area contributed by atoms with E-state index in [2.05, 4.69) is 5.32 Å². The first-order valence-corrected chi connectivity index (χ1v) is 12.8. The van der Waals surface area contributed by atoms with E-state index in [-0.39, 0.29) is 29.9 Å². The Labute approximate surface area is 195 Å². The highest BCUT2D eigenvalue weighted by Gasteiger charge is 2.51. The average molecular weight is 470 g/mol. The fourth-order valence-corrected chi connectivity index (χ4v) is 6.26. The minimum Gasteiger partial charge on any atom is -0.351 e. The molecule has 33 heavy (non-hydrogen) atoms. The minimum atomic E-state index is -3.94. The lowest BCUT2D eigenvalue weighted by molar-refractivity contribution is -0.133. The van der Waals surface area contributed by atoms with E-state index in [1.165, 1.54) is 17.0 Å². The number of carbonyl (C=O) groups excluding carboxylic acids is 2. The fraction of sp³-hybridized carbons (Fsp3) is 0.440. The van der Waals surface area contributed by atoms with Crippen molar-refractivity contribution in [1.29, 1.82) is 0 Å². The molecule has 1 aliphatic carbocycles. The molecular formula is C25H31N3O4S. The summed E-state index contributed by atoms with van der Waals surface area (Å²) in [6, 6.07) is 13.7. The van der Waals surface area contributed by atoms with Gasteiger partial charge in [-0.1, -0.05) is 37.1 Å². The van der Waals surface area contributed by atoms with Crippen LogP contribution in [-0.4, -0.2) is 49.2 Å². The van der Waals surface area contributed by atoms with Gasteiger partial charge in [0.15, 0.2) is 0 Å². The lowest BCUT2D eigenvalue weighted by Gasteiger charge is -2.47. The van der Waals surface area contributed by atoms with Crippen LogP contribution >= 0.6 is 0 Å². The zero-order chi connectivity index (χ0) is 23.8. The van der Waals surface area contributed by atoms with Crippen LogP contribution in [-0.2, 0) is 19.6 Å². The van der Waals surface area contributed by atoms with Crippen molar-refractivity contribution in [2.75, 3.05) is 18.0 Å². The molecule has 8 heteroatoms. The van der Waals surface area contributed by atoms with Gasteiger partial charge in [0.2, 0.25) is 21.8 Å². The number of hydrogen-bond donors (Lipinski definition) is 1. The molecule has 2 fully saturated rings. The number of nitrogens with one attached hydrogen (secondary N) is 1. The van der Waals surface area contributed by atoms with E-state index in [0.717, 1.165) is 41.1 Å². The first-order chi connectivity index (χ1) is 15.6. The number of anilines is 1. The molecule has 0 spiro atoms. The molecule has 1 atom stereocenters. The summed E-state index contributed by atoms with van der Waals surface area (Å²) >= 11 is 0. The fourth-order valence-electron chi connectivity index (χ4n) is 4.76. The summed E-state index contributed by atoms with van der Waals surface area (Å²) in [5.74, 6) is -0.748. The molecule has 1 aliphatic heterocycles. The van der Waals surface area contributed by atoms with Gasteiger partial charge in [-0.15, -0.1) is 0 Å². The van der Waals surface area contributed by atoms with E-state index in [9.17, 15) is 18.0 Å². The largest absolute Gasteiger partial charge is 0.351 e. The highest BCUT2D eigenvalue weighted by molar-refractivity contribution is 7.89. The minimum absolute atomic E-state index is 0.0483. The number of rotatable bonds is 5. The molecule has 4 rings (SSSR count). The summed E-state index contributed by atoms with van der Waals surface area (Å²) in [6.07, 6.45) is 3.89. The predicted octanol–water partition coefficient (Wildman–Crippen LogP) is 3.16. The van der Waals surface area contributed by atoms with Gasteiger partial charge >= 0.3 is 0 Å². The number of piperazine rings is 1. The lowest BCUT2D eigenvalue weighted by Crippen LogP contribution is -2.70. The lowest BCUT2D eigenvalue weighted by atomic mass is 9.93. The molecule has 0 aromatic heterocycles. The quantitative estimate of drug-likeness (QED) is 0.729. The SMILES string of the molecule is Cc1ccc(N2C(=O)CN(S(=O)(=O)c3ccccc3)C[C@]2(C)C(=O)NC2CCCC2)cc1C. The van der Waals surface area contributed by atoms with Crippen molar-refractivity contribution >= 4 is 27.5 Å². The number of amides is 2. The Balaban J connectivity index is 1.74. The Morgan fingerprint density at radius 2 is 1.70 bits per heavy atom. The van der Waals surface area contributed by atoms with Crippen molar-refractivity contribution in [1.82, 2.24) is 9.62 Å². The summed E-state index contributed by atoms with van der Waals surface area (Å²) in [7, 11) is -3.94. The maximum atomic E-state index is 13.6. The molecule has 2 amide bonds. The third-order valence-electron chi connectivity index (χ3n) is 6.85. The highest BCUT2D eigenvalue weighted by atomic mass is 32.2. The smallest absolute Gasteiger partial charge is 0.247 e. The maximum Gasteiger partial charge on any atom is 0.247 e. The summed E-state index contributed by atoms with van der Waals surface area (Å²) in [5.41, 5.74) is 1.29. The number of nitrogens with zero attached hydrogens (tertiary/aromatic N) is 2. The van der Waals surface area contributed by atoms with Gasteiger partial charge in [0, 0.05) is 18.3 Å². The van der Waals surface area contributed by atoms with E-state index in [1.807, 2.05) is 32.0 Å². The zero-order valence-electron chi connectivity index (χ0n) is 19.4. The van der Waals surface area contributed by atoms with Crippen molar-refractivity contribution in [2.24, 2.45) is 0 Å². The van der Waals surface area contributed by atoms with Gasteiger partial charge in [-0.3, -0.25) is 14.5 Å². The molecule has 1 heterocycles. The summed E-state index contributed by atoms with van der Waals surface area (Å²) in [6.45, 7) is 5.15. The van der Waals surface area contributed by atoms with E-state index in [0.29, 0.717) is 5.69 Å². The van der Waals surface area contributed by atoms with Crippen LogP contribution in [0.15, 0.2) is 53.4 Å². The molecule has 7 nitrogen and oxygen atoms in total. The molecule has 2 aliphatic rings. The topological polar surface area (TPSA) is 86.8 Å². The predicted molar refractivity (Wildman–Crippen MR) is 127 cm³/mol. The van der Waals surface area contributed by atoms with Crippen molar-refractivity contribution in [2.45, 2.75) is 62.9 Å². The Morgan fingerprint density at radius 1 is 1.03 bits per heavy atom. The van der Waals surface area contributed by atoms with Crippen molar-refractivity contribution in [3.8, 4) is 0 Å². The normalized spacial score (nSPS) is 22.5. The van der Waals surface area contributed by atoms with E-state index >= 15 is 0 Å². The molecular weight excluding hydrogens is 438 g/mol. The second kappa shape index (κ2) is 8.91. The standard InChI is InChI=1S/C25H31N3O4S/c1-18-13-14-21(15-19(18)2)28-23(29)16-27(33(31,32)22-11-5-4-6-12-22)17-25(28,3)24(30)26-20-9-7-8-10-20/h4-6,11-15,20H,7-10,16-17H2,1-3H3,(H,26,30)/t25-/m1/s1. The summed E-state index contributed by atoms with van der Waals surface area (Å²) < 4.78 is 27.8. The van der Waals surface area contributed by atoms with Crippen LogP contribution in [0.2, 0.25) is 0 Å². The van der Waals surface area contributed by atoms with E-state index < -0.39 is 21.5 Å². The van der Waals surface area contributed by atoms with Crippen LogP contribution < -0.4 is 10.2 Å². The van der Waals surface area contributed by atoms with Crippen LogP contribution in [0.1, 0.15) is 43.7 Å². The Kier molecular flexibility index (Phi) is 6.33. The Bertz CT molecular complexity index is 1160. The van der Waals surface area contributed by atoms with Crippen LogP contribution in [0, 0.1) is 13.8 Å². The number of benzene rings is 2. The van der Waals surface area contributed by atoms with Gasteiger partial charge in [0.1, 0.15) is 5.54 Å². The van der Waals surface area contributed by atoms with Gasteiger partial charge in [-0.05, 0) is 69.0 Å². The Morgan fingerprint density at radius 3 is 2.33 bits per heavy atom. The Hall–Kier alpha value is -2.71. The number of hydrogen-bond acceptors (Lipinski definition) is 4. The molecule has 1 saturated heterocycles. The number of carbonyl (C=O) groups is 2. The summed E-state index contributed by atoms with van der Waals surface area (Å²) in [5, 5.41) is 3.09. The molecule has 0 unspecified atom stereocenters. The van der Waals surface area contributed by atoms with Gasteiger partial charge in [-0.2, -0.15) is 4.31 Å². The second-order valence-corrected chi connectivity index (χ2v) is 11.3. The molecule has 0 bridgehead atoms. The number of sulfonamides is 1. The van der Waals surface area contributed by atoms with Crippen LogP contribution in [0.3, 0.4) is 0 Å². The van der Waals surface area contributed by atoms with Crippen molar-refractivity contribution in [3.63, 3.8) is 0 Å². The van der Waals surface area contributed by atoms with Gasteiger partial charge in [0.25, 0.3) is 0 Å². The first-order valence-electron chi connectivity index (χ1n) is 11.4. The third-order valence-corrected chi connectivity index (χ3v) is 8.65. The molecule has 2 aromatic rings. The summed E-state index contributed by atoms with van der Waals surface area (Å²) in [4.78, 5) is 28.7. The van der Waals surface area contributed by atoms with Gasteiger partial charge in [0.05, 0.1) is 11.4 Å². The molecule has 2 aromatic carbocycles. The van der Waals surface area contributed by atoms with Crippen LogP contribution in [0.25, 0.3) is 0 Å². The molecule has 1 saturated carbocycles.